The molecule has 5 N–H and O–H groups in total. The van der Waals surface area contributed by atoms with Crippen LogP contribution in [-0.2, 0) is 4.79 Å². The molecule has 1 aliphatic carbocycles. The molecule has 134 valence electrons. The van der Waals surface area contributed by atoms with Crippen LogP contribution in [-0.4, -0.2) is 33.5 Å². The molecule has 1 amide bonds. The van der Waals surface area contributed by atoms with Crippen LogP contribution in [0.15, 0.2) is 36.5 Å². The SMILES string of the molecule is NC(=O)COc1cccc(Nc2nc(NC3CCC3)c3cc[nH]c3n2)c1. The topological polar surface area (TPSA) is 118 Å². The number of nitrogens with one attached hydrogen (secondary N) is 3. The number of hydrogen-bond donors (Lipinski definition) is 4. The molecule has 2 aromatic heterocycles. The summed E-state index contributed by atoms with van der Waals surface area (Å²) >= 11 is 0. The van der Waals surface area contributed by atoms with Gasteiger partial charge in [-0.25, -0.2) is 0 Å². The highest BCUT2D eigenvalue weighted by molar-refractivity contribution is 5.88. The van der Waals surface area contributed by atoms with Crippen LogP contribution in [0, 0.1) is 0 Å². The maximum Gasteiger partial charge on any atom is 0.255 e. The summed E-state index contributed by atoms with van der Waals surface area (Å²) in [6.07, 6.45) is 5.44. The maximum atomic E-state index is 10.9. The normalized spacial score (nSPS) is 14.0. The van der Waals surface area contributed by atoms with Crippen LogP contribution in [0.1, 0.15) is 19.3 Å². The molecule has 4 rings (SSSR count). The summed E-state index contributed by atoms with van der Waals surface area (Å²) in [5.74, 6) is 1.33. The summed E-state index contributed by atoms with van der Waals surface area (Å²) in [5.41, 5.74) is 6.63. The fraction of sp³-hybridized carbons (Fsp3) is 0.278. The largest absolute Gasteiger partial charge is 0.484 e. The summed E-state index contributed by atoms with van der Waals surface area (Å²) in [6.45, 7) is -0.163. The van der Waals surface area contributed by atoms with E-state index in [0.29, 0.717) is 17.7 Å². The van der Waals surface area contributed by atoms with Crippen molar-refractivity contribution >= 4 is 34.4 Å². The van der Waals surface area contributed by atoms with Gasteiger partial charge in [-0.3, -0.25) is 4.79 Å². The molecule has 8 nitrogen and oxygen atoms in total. The van der Waals surface area contributed by atoms with Crippen molar-refractivity contribution in [3.63, 3.8) is 0 Å². The van der Waals surface area contributed by atoms with E-state index in [1.165, 1.54) is 6.42 Å². The van der Waals surface area contributed by atoms with Crippen molar-refractivity contribution in [2.24, 2.45) is 5.73 Å². The predicted molar refractivity (Wildman–Crippen MR) is 99.6 cm³/mol. The van der Waals surface area contributed by atoms with E-state index in [9.17, 15) is 4.79 Å². The lowest BCUT2D eigenvalue weighted by Crippen LogP contribution is -2.27. The number of H-pyrrole nitrogens is 1. The van der Waals surface area contributed by atoms with E-state index in [0.717, 1.165) is 35.4 Å². The number of hydrogen-bond acceptors (Lipinski definition) is 6. The third-order valence-corrected chi connectivity index (χ3v) is 4.33. The minimum Gasteiger partial charge on any atom is -0.484 e. The number of amides is 1. The Bertz CT molecular complexity index is 934. The van der Waals surface area contributed by atoms with E-state index in [1.54, 1.807) is 12.1 Å². The lowest BCUT2D eigenvalue weighted by molar-refractivity contribution is -0.119. The van der Waals surface area contributed by atoms with Crippen LogP contribution < -0.4 is 21.1 Å². The van der Waals surface area contributed by atoms with E-state index in [4.69, 9.17) is 10.5 Å². The van der Waals surface area contributed by atoms with Crippen LogP contribution in [0.5, 0.6) is 5.75 Å². The highest BCUT2D eigenvalue weighted by Gasteiger charge is 2.19. The Morgan fingerprint density at radius 3 is 2.96 bits per heavy atom. The average molecular weight is 352 g/mol. The fourth-order valence-electron chi connectivity index (χ4n) is 2.80. The van der Waals surface area contributed by atoms with Crippen molar-refractivity contribution in [2.45, 2.75) is 25.3 Å². The van der Waals surface area contributed by atoms with Gasteiger partial charge in [0, 0.05) is 24.0 Å². The molecule has 1 saturated carbocycles. The Morgan fingerprint density at radius 2 is 2.19 bits per heavy atom. The second-order valence-corrected chi connectivity index (χ2v) is 6.32. The number of primary amides is 1. The zero-order valence-electron chi connectivity index (χ0n) is 14.2. The smallest absolute Gasteiger partial charge is 0.255 e. The maximum absolute atomic E-state index is 10.9. The number of rotatable bonds is 7. The molecule has 0 bridgehead atoms. The van der Waals surface area contributed by atoms with Crippen LogP contribution in [0.25, 0.3) is 11.0 Å². The van der Waals surface area contributed by atoms with Crippen molar-refractivity contribution in [3.8, 4) is 5.75 Å². The first-order valence-corrected chi connectivity index (χ1v) is 8.57. The van der Waals surface area contributed by atoms with Crippen molar-refractivity contribution in [1.29, 1.82) is 0 Å². The van der Waals surface area contributed by atoms with Crippen LogP contribution in [0.3, 0.4) is 0 Å². The second kappa shape index (κ2) is 6.91. The molecule has 3 aromatic rings. The fourth-order valence-corrected chi connectivity index (χ4v) is 2.80. The molecule has 0 saturated heterocycles. The molecular formula is C18H20N6O2. The molecule has 0 spiro atoms. The lowest BCUT2D eigenvalue weighted by Gasteiger charge is -2.27. The van der Waals surface area contributed by atoms with E-state index in [-0.39, 0.29) is 6.61 Å². The number of anilines is 3. The van der Waals surface area contributed by atoms with Crippen LogP contribution in [0.2, 0.25) is 0 Å². The van der Waals surface area contributed by atoms with E-state index >= 15 is 0 Å². The number of nitrogens with zero attached hydrogens (tertiary/aromatic N) is 2. The van der Waals surface area contributed by atoms with Gasteiger partial charge in [-0.1, -0.05) is 6.07 Å². The first-order chi connectivity index (χ1) is 12.7. The number of carbonyl (C=O) groups is 1. The van der Waals surface area contributed by atoms with Gasteiger partial charge in [0.05, 0.1) is 5.39 Å². The first kappa shape index (κ1) is 16.2. The standard InChI is InChI=1S/C18H20N6O2/c19-15(25)10-26-13-6-2-5-12(9-13)22-18-23-16-14(7-8-20-16)17(24-18)21-11-3-1-4-11/h2,5-9,11H,1,3-4,10H2,(H2,19,25)(H3,20,21,22,23,24). The van der Waals surface area contributed by atoms with Crippen LogP contribution in [0.4, 0.5) is 17.5 Å². The highest BCUT2D eigenvalue weighted by Crippen LogP contribution is 2.28. The Balaban J connectivity index is 1.56. The van der Waals surface area contributed by atoms with Crippen molar-refractivity contribution in [3.05, 3.63) is 36.5 Å². The number of carbonyl (C=O) groups excluding carboxylic acids is 1. The Hall–Kier alpha value is -3.29. The summed E-state index contributed by atoms with van der Waals surface area (Å²) in [6, 6.07) is 9.66. The quantitative estimate of drug-likeness (QED) is 0.519. The highest BCUT2D eigenvalue weighted by atomic mass is 16.5. The number of aromatic nitrogens is 3. The molecule has 26 heavy (non-hydrogen) atoms. The second-order valence-electron chi connectivity index (χ2n) is 6.32. The van der Waals surface area contributed by atoms with E-state index in [1.807, 2.05) is 24.4 Å². The zero-order chi connectivity index (χ0) is 17.9. The van der Waals surface area contributed by atoms with Gasteiger partial charge in [0.25, 0.3) is 5.91 Å². The van der Waals surface area contributed by atoms with E-state index < -0.39 is 5.91 Å². The Labute approximate surface area is 150 Å². The monoisotopic (exact) mass is 352 g/mol. The van der Waals surface area contributed by atoms with Gasteiger partial charge >= 0.3 is 0 Å². The van der Waals surface area contributed by atoms with Crippen molar-refractivity contribution in [2.75, 3.05) is 17.2 Å². The molecular weight excluding hydrogens is 332 g/mol. The number of nitrogens with two attached hydrogens (primary N) is 1. The van der Waals surface area contributed by atoms with Crippen LogP contribution >= 0.6 is 0 Å². The summed E-state index contributed by atoms with van der Waals surface area (Å²) in [5, 5.41) is 7.65. The van der Waals surface area contributed by atoms with Gasteiger partial charge < -0.3 is 26.1 Å². The average Bonchev–Trinajstić information content (AvgIpc) is 3.05. The minimum atomic E-state index is -0.518. The van der Waals surface area contributed by atoms with Gasteiger partial charge in [-0.2, -0.15) is 9.97 Å². The first-order valence-electron chi connectivity index (χ1n) is 8.57. The molecule has 0 unspecified atom stereocenters. The van der Waals surface area contributed by atoms with Gasteiger partial charge in [-0.15, -0.1) is 0 Å². The summed E-state index contributed by atoms with van der Waals surface area (Å²) in [7, 11) is 0. The van der Waals surface area contributed by atoms with Gasteiger partial charge in [0.15, 0.2) is 6.61 Å². The molecule has 8 heteroatoms. The zero-order valence-corrected chi connectivity index (χ0v) is 14.2. The van der Waals surface area contributed by atoms with E-state index in [2.05, 4.69) is 25.6 Å². The van der Waals surface area contributed by atoms with Crippen molar-refractivity contribution < 1.29 is 9.53 Å². The van der Waals surface area contributed by atoms with Gasteiger partial charge in [0.1, 0.15) is 17.2 Å². The number of benzene rings is 1. The molecule has 0 radical (unpaired) electrons. The Kier molecular flexibility index (Phi) is 4.30. The summed E-state index contributed by atoms with van der Waals surface area (Å²) < 4.78 is 5.33. The summed E-state index contributed by atoms with van der Waals surface area (Å²) in [4.78, 5) is 23.1. The molecule has 1 fully saturated rings. The van der Waals surface area contributed by atoms with Gasteiger partial charge in [0.2, 0.25) is 5.95 Å². The predicted octanol–water partition coefficient (Wildman–Crippen LogP) is 2.53. The third kappa shape index (κ3) is 3.53. The molecule has 0 aliphatic heterocycles. The molecule has 1 aromatic carbocycles. The minimum absolute atomic E-state index is 0.163. The lowest BCUT2D eigenvalue weighted by atomic mass is 9.93. The number of fused-ring (bicyclic) bond motifs is 1. The van der Waals surface area contributed by atoms with Crippen molar-refractivity contribution in [1.82, 2.24) is 15.0 Å². The molecule has 2 heterocycles. The molecule has 1 aliphatic rings. The number of aromatic amines is 1. The van der Waals surface area contributed by atoms with Gasteiger partial charge in [-0.05, 0) is 37.5 Å². The number of ether oxygens (including phenoxy) is 1. The Morgan fingerprint density at radius 1 is 1.31 bits per heavy atom. The molecule has 0 atom stereocenters. The third-order valence-electron chi connectivity index (χ3n) is 4.33.